The molecule has 118 valence electrons. The zero-order valence-electron chi connectivity index (χ0n) is 13.1. The Hall–Kier alpha value is -0.250. The fraction of sp³-hybridized carbons (Fsp3) is 0.556. The Balaban J connectivity index is 2.34. The van der Waals surface area contributed by atoms with Crippen molar-refractivity contribution < 1.29 is 0 Å². The van der Waals surface area contributed by atoms with Crippen LogP contribution in [0.2, 0.25) is 0 Å². The lowest BCUT2D eigenvalue weighted by Gasteiger charge is -2.18. The van der Waals surface area contributed by atoms with Crippen LogP contribution in [0.5, 0.6) is 0 Å². The van der Waals surface area contributed by atoms with E-state index in [4.69, 9.17) is 0 Å². The molecule has 1 nitrogen and oxygen atoms in total. The SMILES string of the molecule is C=CCCCCCC(CSc1ccccc1Br)NCCC. The highest BCUT2D eigenvalue weighted by molar-refractivity contribution is 9.10. The van der Waals surface area contributed by atoms with Crippen LogP contribution >= 0.6 is 27.7 Å². The monoisotopic (exact) mass is 369 g/mol. The van der Waals surface area contributed by atoms with Crippen LogP contribution in [-0.2, 0) is 0 Å². The Morgan fingerprint density at radius 2 is 2.10 bits per heavy atom. The third-order valence-electron chi connectivity index (χ3n) is 3.42. The van der Waals surface area contributed by atoms with E-state index >= 15 is 0 Å². The first kappa shape index (κ1) is 18.8. The summed E-state index contributed by atoms with van der Waals surface area (Å²) in [5.41, 5.74) is 0. The molecule has 0 aliphatic rings. The quantitative estimate of drug-likeness (QED) is 0.273. The van der Waals surface area contributed by atoms with Gasteiger partial charge in [0.2, 0.25) is 0 Å². The van der Waals surface area contributed by atoms with E-state index in [-0.39, 0.29) is 0 Å². The van der Waals surface area contributed by atoms with Crippen molar-refractivity contribution in [2.24, 2.45) is 0 Å². The van der Waals surface area contributed by atoms with Gasteiger partial charge in [0.1, 0.15) is 0 Å². The molecule has 0 spiro atoms. The highest BCUT2D eigenvalue weighted by atomic mass is 79.9. The van der Waals surface area contributed by atoms with Gasteiger partial charge in [0, 0.05) is 21.2 Å². The summed E-state index contributed by atoms with van der Waals surface area (Å²) >= 11 is 5.58. The van der Waals surface area contributed by atoms with Crippen molar-refractivity contribution in [1.82, 2.24) is 5.32 Å². The average molecular weight is 370 g/mol. The number of halogens is 1. The Morgan fingerprint density at radius 3 is 2.81 bits per heavy atom. The number of thioether (sulfide) groups is 1. The summed E-state index contributed by atoms with van der Waals surface area (Å²) < 4.78 is 1.20. The molecule has 0 fully saturated rings. The molecule has 1 aromatic carbocycles. The molecule has 1 N–H and O–H groups in total. The van der Waals surface area contributed by atoms with Crippen LogP contribution < -0.4 is 5.32 Å². The first-order valence-electron chi connectivity index (χ1n) is 7.99. The summed E-state index contributed by atoms with van der Waals surface area (Å²) in [4.78, 5) is 1.34. The Morgan fingerprint density at radius 1 is 1.29 bits per heavy atom. The fourth-order valence-corrected chi connectivity index (χ4v) is 3.88. The lowest BCUT2D eigenvalue weighted by molar-refractivity contribution is 0.490. The molecule has 0 aliphatic heterocycles. The van der Waals surface area contributed by atoms with Gasteiger partial charge in [0.05, 0.1) is 0 Å². The van der Waals surface area contributed by atoms with Gasteiger partial charge in [-0.25, -0.2) is 0 Å². The van der Waals surface area contributed by atoms with Crippen LogP contribution in [0.15, 0.2) is 46.3 Å². The van der Waals surface area contributed by atoms with Gasteiger partial charge in [0.15, 0.2) is 0 Å². The van der Waals surface area contributed by atoms with Gasteiger partial charge < -0.3 is 5.32 Å². The zero-order valence-corrected chi connectivity index (χ0v) is 15.5. The van der Waals surface area contributed by atoms with Crippen molar-refractivity contribution in [3.8, 4) is 0 Å². The summed E-state index contributed by atoms with van der Waals surface area (Å²) in [5.74, 6) is 1.14. The maximum atomic E-state index is 3.79. The van der Waals surface area contributed by atoms with Gasteiger partial charge in [-0.2, -0.15) is 0 Å². The van der Waals surface area contributed by atoms with Crippen LogP contribution in [-0.4, -0.2) is 18.3 Å². The predicted molar refractivity (Wildman–Crippen MR) is 100 cm³/mol. The Labute approximate surface area is 143 Å². The van der Waals surface area contributed by atoms with Crippen molar-refractivity contribution in [2.45, 2.75) is 56.4 Å². The second kappa shape index (κ2) is 12.3. The molecule has 0 saturated heterocycles. The van der Waals surface area contributed by atoms with Crippen LogP contribution in [0.25, 0.3) is 0 Å². The van der Waals surface area contributed by atoms with E-state index in [1.54, 1.807) is 0 Å². The summed E-state index contributed by atoms with van der Waals surface area (Å²) in [5, 5.41) is 3.69. The van der Waals surface area contributed by atoms with Gasteiger partial charge in [-0.3, -0.25) is 0 Å². The summed E-state index contributed by atoms with van der Waals surface area (Å²) in [7, 11) is 0. The van der Waals surface area contributed by atoms with E-state index < -0.39 is 0 Å². The first-order chi connectivity index (χ1) is 10.3. The average Bonchev–Trinajstić information content (AvgIpc) is 2.50. The second-order valence-corrected chi connectivity index (χ2v) is 7.24. The summed E-state index contributed by atoms with van der Waals surface area (Å²) in [6.45, 7) is 7.14. The lowest BCUT2D eigenvalue weighted by Crippen LogP contribution is -2.32. The van der Waals surface area contributed by atoms with E-state index in [0.29, 0.717) is 6.04 Å². The van der Waals surface area contributed by atoms with E-state index in [2.05, 4.69) is 59.0 Å². The lowest BCUT2D eigenvalue weighted by atomic mass is 10.1. The third kappa shape index (κ3) is 8.70. The van der Waals surface area contributed by atoms with Gasteiger partial charge in [-0.05, 0) is 60.3 Å². The molecular weight excluding hydrogens is 342 g/mol. The molecule has 21 heavy (non-hydrogen) atoms. The van der Waals surface area contributed by atoms with E-state index in [9.17, 15) is 0 Å². The van der Waals surface area contributed by atoms with Crippen molar-refractivity contribution in [2.75, 3.05) is 12.3 Å². The molecule has 3 heteroatoms. The zero-order chi connectivity index (χ0) is 15.3. The topological polar surface area (TPSA) is 12.0 Å². The fourth-order valence-electron chi connectivity index (χ4n) is 2.20. The van der Waals surface area contributed by atoms with Gasteiger partial charge in [-0.1, -0.05) is 38.0 Å². The number of rotatable bonds is 12. The molecule has 1 unspecified atom stereocenters. The minimum atomic E-state index is 0.616. The van der Waals surface area contributed by atoms with Crippen molar-refractivity contribution >= 4 is 27.7 Å². The Kier molecular flexibility index (Phi) is 11.0. The van der Waals surface area contributed by atoms with Gasteiger partial charge in [0.25, 0.3) is 0 Å². The van der Waals surface area contributed by atoms with E-state index in [1.807, 2.05) is 17.8 Å². The normalized spacial score (nSPS) is 12.3. The molecule has 0 aliphatic carbocycles. The van der Waals surface area contributed by atoms with E-state index in [1.165, 1.54) is 41.5 Å². The van der Waals surface area contributed by atoms with Crippen LogP contribution in [0.4, 0.5) is 0 Å². The Bertz CT molecular complexity index is 395. The smallest absolute Gasteiger partial charge is 0.0311 e. The first-order valence-corrected chi connectivity index (χ1v) is 9.77. The molecule has 0 amide bonds. The minimum absolute atomic E-state index is 0.616. The summed E-state index contributed by atoms with van der Waals surface area (Å²) in [6, 6.07) is 9.10. The number of unbranched alkanes of at least 4 members (excludes halogenated alkanes) is 3. The van der Waals surface area contributed by atoms with Crippen molar-refractivity contribution in [1.29, 1.82) is 0 Å². The third-order valence-corrected chi connectivity index (χ3v) is 5.61. The van der Waals surface area contributed by atoms with Crippen LogP contribution in [0.3, 0.4) is 0 Å². The van der Waals surface area contributed by atoms with Crippen molar-refractivity contribution in [3.05, 3.63) is 41.4 Å². The molecule has 0 bridgehead atoms. The number of hydrogen-bond donors (Lipinski definition) is 1. The molecule has 1 rings (SSSR count). The number of allylic oxidation sites excluding steroid dienone is 1. The maximum Gasteiger partial charge on any atom is 0.0311 e. The molecule has 1 aromatic rings. The maximum absolute atomic E-state index is 3.79. The van der Waals surface area contributed by atoms with Gasteiger partial charge in [-0.15, -0.1) is 18.3 Å². The largest absolute Gasteiger partial charge is 0.313 e. The number of benzene rings is 1. The number of nitrogens with one attached hydrogen (secondary N) is 1. The van der Waals surface area contributed by atoms with Crippen LogP contribution in [0, 0.1) is 0 Å². The molecule has 1 atom stereocenters. The molecule has 0 aromatic heterocycles. The van der Waals surface area contributed by atoms with Crippen LogP contribution in [0.1, 0.15) is 45.4 Å². The van der Waals surface area contributed by atoms with Gasteiger partial charge >= 0.3 is 0 Å². The molecule has 0 radical (unpaired) electrons. The molecule has 0 heterocycles. The standard InChI is InChI=1S/C18H28BrNS/c1-3-5-6-7-8-11-16(20-14-4-2)15-21-18-13-10-9-12-17(18)19/h3,9-10,12-13,16,20H,1,4-8,11,14-15H2,2H3. The highest BCUT2D eigenvalue weighted by Crippen LogP contribution is 2.28. The number of hydrogen-bond acceptors (Lipinski definition) is 2. The predicted octanol–water partition coefficient (Wildman–Crippen LogP) is 6.05. The highest BCUT2D eigenvalue weighted by Gasteiger charge is 2.09. The molecule has 0 saturated carbocycles. The second-order valence-electron chi connectivity index (χ2n) is 5.32. The minimum Gasteiger partial charge on any atom is -0.313 e. The van der Waals surface area contributed by atoms with E-state index in [0.717, 1.165) is 18.7 Å². The molecular formula is C18H28BrNS. The van der Waals surface area contributed by atoms with Crippen molar-refractivity contribution in [3.63, 3.8) is 0 Å². The summed E-state index contributed by atoms with van der Waals surface area (Å²) in [6.07, 6.45) is 9.55.